The minimum atomic E-state index is 0.758. The molecule has 1 fully saturated rings. The molecule has 0 N–H and O–H groups in total. The average Bonchev–Trinajstić information content (AvgIpc) is 2.07. The van der Waals surface area contributed by atoms with Crippen molar-refractivity contribution in [1.29, 1.82) is 0 Å². The summed E-state index contributed by atoms with van der Waals surface area (Å²) in [6, 6.07) is 0. The Hall–Kier alpha value is 0.730. The van der Waals surface area contributed by atoms with Crippen LogP contribution in [0, 0.1) is 5.41 Å². The van der Waals surface area contributed by atoms with E-state index in [1.165, 1.54) is 49.4 Å². The standard InChI is InChI=1S/C10H19I/c1-2-6-10(9-11)7-4-3-5-8-10/h2-9H2,1H3. The zero-order valence-electron chi connectivity index (χ0n) is 7.53. The van der Waals surface area contributed by atoms with Gasteiger partial charge in [0.05, 0.1) is 0 Å². The van der Waals surface area contributed by atoms with E-state index in [0.717, 1.165) is 5.41 Å². The molecule has 1 saturated carbocycles. The van der Waals surface area contributed by atoms with Crippen molar-refractivity contribution in [2.75, 3.05) is 4.43 Å². The van der Waals surface area contributed by atoms with Crippen LogP contribution in [0.5, 0.6) is 0 Å². The van der Waals surface area contributed by atoms with Crippen molar-refractivity contribution in [1.82, 2.24) is 0 Å². The Balaban J connectivity index is 2.42. The highest BCUT2D eigenvalue weighted by molar-refractivity contribution is 14.1. The van der Waals surface area contributed by atoms with Crippen molar-refractivity contribution in [3.8, 4) is 0 Å². The molecule has 0 amide bonds. The van der Waals surface area contributed by atoms with Crippen LogP contribution in [-0.4, -0.2) is 4.43 Å². The predicted octanol–water partition coefficient (Wildman–Crippen LogP) is 4.17. The Labute approximate surface area is 84.3 Å². The molecule has 0 aromatic carbocycles. The molecule has 1 rings (SSSR count). The van der Waals surface area contributed by atoms with Crippen molar-refractivity contribution in [2.24, 2.45) is 5.41 Å². The van der Waals surface area contributed by atoms with Crippen LogP contribution in [0.1, 0.15) is 51.9 Å². The number of hydrogen-bond donors (Lipinski definition) is 0. The summed E-state index contributed by atoms with van der Waals surface area (Å²) in [6.45, 7) is 2.32. The molecular formula is C10H19I. The van der Waals surface area contributed by atoms with Gasteiger partial charge in [0, 0.05) is 4.43 Å². The third kappa shape index (κ3) is 2.60. The highest BCUT2D eigenvalue weighted by Gasteiger charge is 2.29. The number of rotatable bonds is 3. The molecule has 0 unspecified atom stereocenters. The molecule has 1 heteroatoms. The second-order valence-electron chi connectivity index (χ2n) is 3.94. The first-order chi connectivity index (χ1) is 5.33. The van der Waals surface area contributed by atoms with Gasteiger partial charge in [0.2, 0.25) is 0 Å². The van der Waals surface area contributed by atoms with Gasteiger partial charge in [0.25, 0.3) is 0 Å². The average molecular weight is 266 g/mol. The van der Waals surface area contributed by atoms with Crippen LogP contribution in [0.25, 0.3) is 0 Å². The van der Waals surface area contributed by atoms with Gasteiger partial charge >= 0.3 is 0 Å². The lowest BCUT2D eigenvalue weighted by atomic mass is 9.73. The molecule has 1 aliphatic carbocycles. The molecule has 0 spiro atoms. The van der Waals surface area contributed by atoms with Crippen molar-refractivity contribution in [2.45, 2.75) is 51.9 Å². The van der Waals surface area contributed by atoms with E-state index < -0.39 is 0 Å². The fourth-order valence-corrected chi connectivity index (χ4v) is 3.43. The molecule has 0 nitrogen and oxygen atoms in total. The van der Waals surface area contributed by atoms with Crippen LogP contribution >= 0.6 is 22.6 Å². The van der Waals surface area contributed by atoms with Gasteiger partial charge in [-0.15, -0.1) is 0 Å². The second-order valence-corrected chi connectivity index (χ2v) is 4.71. The van der Waals surface area contributed by atoms with E-state index in [4.69, 9.17) is 0 Å². The first-order valence-electron chi connectivity index (χ1n) is 4.89. The van der Waals surface area contributed by atoms with Crippen molar-refractivity contribution in [3.63, 3.8) is 0 Å². The summed E-state index contributed by atoms with van der Waals surface area (Å²) < 4.78 is 1.39. The summed E-state index contributed by atoms with van der Waals surface area (Å²) >= 11 is 2.58. The number of alkyl halides is 1. The van der Waals surface area contributed by atoms with Crippen molar-refractivity contribution in [3.05, 3.63) is 0 Å². The molecule has 1 aliphatic rings. The second kappa shape index (κ2) is 4.68. The lowest BCUT2D eigenvalue weighted by Crippen LogP contribution is -2.25. The topological polar surface area (TPSA) is 0 Å². The van der Waals surface area contributed by atoms with Gasteiger partial charge in [-0.2, -0.15) is 0 Å². The van der Waals surface area contributed by atoms with E-state index >= 15 is 0 Å². The molecule has 0 radical (unpaired) electrons. The number of hydrogen-bond acceptors (Lipinski definition) is 0. The molecule has 0 bridgehead atoms. The monoisotopic (exact) mass is 266 g/mol. The minimum absolute atomic E-state index is 0.758. The SMILES string of the molecule is CCCC1(CI)CCCCC1. The summed E-state index contributed by atoms with van der Waals surface area (Å²) in [7, 11) is 0. The van der Waals surface area contributed by atoms with E-state index in [0.29, 0.717) is 0 Å². The van der Waals surface area contributed by atoms with Gasteiger partial charge in [0.1, 0.15) is 0 Å². The summed E-state index contributed by atoms with van der Waals surface area (Å²) in [6.07, 6.45) is 10.3. The summed E-state index contributed by atoms with van der Waals surface area (Å²) in [5, 5.41) is 0. The third-order valence-corrected chi connectivity index (χ3v) is 4.60. The Kier molecular flexibility index (Phi) is 4.18. The van der Waals surface area contributed by atoms with E-state index in [9.17, 15) is 0 Å². The summed E-state index contributed by atoms with van der Waals surface area (Å²) in [5.74, 6) is 0. The quantitative estimate of drug-likeness (QED) is 0.531. The summed E-state index contributed by atoms with van der Waals surface area (Å²) in [5.41, 5.74) is 0.758. The minimum Gasteiger partial charge on any atom is -0.0858 e. The molecular weight excluding hydrogens is 247 g/mol. The van der Waals surface area contributed by atoms with Crippen molar-refractivity contribution >= 4 is 22.6 Å². The highest BCUT2D eigenvalue weighted by atomic mass is 127. The molecule has 0 aliphatic heterocycles. The van der Waals surface area contributed by atoms with Gasteiger partial charge < -0.3 is 0 Å². The lowest BCUT2D eigenvalue weighted by molar-refractivity contribution is 0.208. The Morgan fingerprint density at radius 1 is 1.18 bits per heavy atom. The smallest absolute Gasteiger partial charge is 0.00520 e. The maximum Gasteiger partial charge on any atom is 0.00520 e. The van der Waals surface area contributed by atoms with Crippen LogP contribution in [0.3, 0.4) is 0 Å². The maximum absolute atomic E-state index is 2.58. The van der Waals surface area contributed by atoms with Gasteiger partial charge in [-0.3, -0.25) is 0 Å². The first-order valence-corrected chi connectivity index (χ1v) is 6.41. The molecule has 0 aromatic heterocycles. The lowest BCUT2D eigenvalue weighted by Gasteiger charge is -2.35. The van der Waals surface area contributed by atoms with Gasteiger partial charge in [0.15, 0.2) is 0 Å². The molecule has 0 aromatic rings. The van der Waals surface area contributed by atoms with E-state index in [1.807, 2.05) is 0 Å². The largest absolute Gasteiger partial charge is 0.0858 e. The zero-order valence-corrected chi connectivity index (χ0v) is 9.69. The Morgan fingerprint density at radius 3 is 2.27 bits per heavy atom. The van der Waals surface area contributed by atoms with E-state index in [2.05, 4.69) is 29.5 Å². The van der Waals surface area contributed by atoms with Gasteiger partial charge in [-0.1, -0.05) is 55.2 Å². The Bertz CT molecular complexity index is 97.9. The highest BCUT2D eigenvalue weighted by Crippen LogP contribution is 2.41. The van der Waals surface area contributed by atoms with Crippen LogP contribution in [0.4, 0.5) is 0 Å². The van der Waals surface area contributed by atoms with Gasteiger partial charge in [-0.25, -0.2) is 0 Å². The third-order valence-electron chi connectivity index (χ3n) is 2.98. The van der Waals surface area contributed by atoms with Crippen LogP contribution in [0.15, 0.2) is 0 Å². The molecule has 66 valence electrons. The van der Waals surface area contributed by atoms with E-state index in [1.54, 1.807) is 0 Å². The normalized spacial score (nSPS) is 23.5. The zero-order chi connectivity index (χ0) is 8.16. The number of halogens is 1. The molecule has 0 saturated heterocycles. The van der Waals surface area contributed by atoms with E-state index in [-0.39, 0.29) is 0 Å². The van der Waals surface area contributed by atoms with Crippen LogP contribution < -0.4 is 0 Å². The Morgan fingerprint density at radius 2 is 1.82 bits per heavy atom. The van der Waals surface area contributed by atoms with Crippen LogP contribution in [-0.2, 0) is 0 Å². The molecule has 11 heavy (non-hydrogen) atoms. The fourth-order valence-electron chi connectivity index (χ4n) is 2.28. The van der Waals surface area contributed by atoms with Gasteiger partial charge in [-0.05, 0) is 24.7 Å². The fraction of sp³-hybridized carbons (Fsp3) is 1.00. The molecule has 0 atom stereocenters. The van der Waals surface area contributed by atoms with Crippen molar-refractivity contribution < 1.29 is 0 Å². The maximum atomic E-state index is 2.58. The summed E-state index contributed by atoms with van der Waals surface area (Å²) in [4.78, 5) is 0. The van der Waals surface area contributed by atoms with Crippen LogP contribution in [0.2, 0.25) is 0 Å². The molecule has 0 heterocycles. The first kappa shape index (κ1) is 9.82. The predicted molar refractivity (Wildman–Crippen MR) is 59.3 cm³/mol.